The van der Waals surface area contributed by atoms with Gasteiger partial charge in [0, 0.05) is 40.2 Å². The van der Waals surface area contributed by atoms with Gasteiger partial charge in [-0.05, 0) is 63.7 Å². The third-order valence-corrected chi connectivity index (χ3v) is 14.3. The van der Waals surface area contributed by atoms with E-state index in [1.165, 1.54) is 67.3 Å². The van der Waals surface area contributed by atoms with Gasteiger partial charge in [0.05, 0.1) is 23.1 Å². The lowest BCUT2D eigenvalue weighted by Crippen LogP contribution is -2.76. The summed E-state index contributed by atoms with van der Waals surface area (Å²) in [5.41, 5.74) is 19.7. The number of pyridine rings is 2. The van der Waals surface area contributed by atoms with E-state index in [0.717, 1.165) is 45.6 Å². The number of anilines is 6. The number of benzene rings is 6. The number of nitrogens with zero attached hydrogens (tertiary/aromatic N) is 4. The van der Waals surface area contributed by atoms with Crippen molar-refractivity contribution in [2.24, 2.45) is 0 Å². The van der Waals surface area contributed by atoms with Crippen LogP contribution in [0.5, 0.6) is 11.6 Å². The quantitative estimate of drug-likeness (QED) is 0.165. The van der Waals surface area contributed by atoms with Crippen molar-refractivity contribution in [3.8, 4) is 45.3 Å². The highest BCUT2D eigenvalue weighted by molar-refractivity contribution is 6.01. The lowest BCUT2D eigenvalue weighted by atomic mass is 9.64. The van der Waals surface area contributed by atoms with Crippen molar-refractivity contribution in [3.63, 3.8) is 0 Å². The first-order valence-electron chi connectivity index (χ1n) is 20.4. The smallest absolute Gasteiger partial charge is 0.379 e. The van der Waals surface area contributed by atoms with Gasteiger partial charge in [0.15, 0.2) is 11.4 Å². The largest absolute Gasteiger partial charge is 0.404 e. The zero-order valence-electron chi connectivity index (χ0n) is 32.7. The predicted octanol–water partition coefficient (Wildman–Crippen LogP) is 11.8. The van der Waals surface area contributed by atoms with Crippen molar-refractivity contribution in [1.29, 1.82) is 0 Å². The summed E-state index contributed by atoms with van der Waals surface area (Å²) in [7, 11) is 0. The van der Waals surface area contributed by atoms with Crippen molar-refractivity contribution in [2.75, 3.05) is 9.80 Å². The number of aromatic nitrogens is 2. The van der Waals surface area contributed by atoms with Gasteiger partial charge in [-0.1, -0.05) is 131 Å². The van der Waals surface area contributed by atoms with Crippen LogP contribution in [0.3, 0.4) is 0 Å². The van der Waals surface area contributed by atoms with Gasteiger partial charge >= 0.3 is 11.5 Å². The molecule has 0 fully saturated rings. The zero-order chi connectivity index (χ0) is 38.4. The van der Waals surface area contributed by atoms with Gasteiger partial charge in [-0.15, -0.1) is 9.13 Å². The summed E-state index contributed by atoms with van der Waals surface area (Å²) < 4.78 is 12.5. The molecule has 1 atom stereocenters. The highest BCUT2D eigenvalue weighted by Crippen LogP contribution is 2.69. The van der Waals surface area contributed by atoms with Crippen LogP contribution in [0.4, 0.5) is 34.3 Å². The molecule has 0 radical (unpaired) electrons. The Morgan fingerprint density at radius 2 is 0.966 bits per heavy atom. The molecule has 1 spiro atoms. The number of rotatable bonds is 2. The lowest BCUT2D eigenvalue weighted by molar-refractivity contribution is -0.936. The first-order valence-corrected chi connectivity index (χ1v) is 20.4. The maximum absolute atomic E-state index is 7.27. The average Bonchev–Trinajstić information content (AvgIpc) is 3.55. The normalized spacial score (nSPS) is 18.8. The zero-order valence-corrected chi connectivity index (χ0v) is 32.7. The molecule has 0 saturated heterocycles. The minimum Gasteiger partial charge on any atom is -0.404 e. The van der Waals surface area contributed by atoms with Crippen molar-refractivity contribution < 1.29 is 13.9 Å². The number of fused-ring (bicyclic) bond motifs is 7. The van der Waals surface area contributed by atoms with Crippen LogP contribution in [0.25, 0.3) is 33.6 Å². The summed E-state index contributed by atoms with van der Waals surface area (Å²) >= 11 is 0. The Kier molecular flexibility index (Phi) is 5.33. The fraction of sp³-hybridized carbons (Fsp3) is 0.132. The second-order valence-corrected chi connectivity index (χ2v) is 17.8. The monoisotopic (exact) mass is 746 g/mol. The van der Waals surface area contributed by atoms with E-state index in [0.29, 0.717) is 0 Å². The summed E-state index contributed by atoms with van der Waals surface area (Å²) in [4.78, 5) is 5.20. The Hall–Kier alpha value is -6.98. The summed E-state index contributed by atoms with van der Waals surface area (Å²) in [6, 6.07) is 58.6. The maximum Gasteiger partial charge on any atom is 0.379 e. The molecule has 5 nitrogen and oxygen atoms in total. The van der Waals surface area contributed by atoms with Gasteiger partial charge < -0.3 is 9.64 Å². The second kappa shape index (κ2) is 9.93. The summed E-state index contributed by atoms with van der Waals surface area (Å²) in [5.74, 6) is 2.88. The first-order chi connectivity index (χ1) is 28.3. The second-order valence-electron chi connectivity index (χ2n) is 17.8. The number of para-hydroxylation sites is 2. The standard InChI is InChI=1S/C53H38N4O/c1-51(2)35-20-11-13-22-39(35)54-41-24-15-25-44-47(41)53-48-49(54)37(51)30-38-50(48)55(40-23-14-12-21-36(40)52(38,3)4)45-28-33(31-16-7-5-8-17-31)26-42(56(45)53)43-27-34(29-46(58-44)57(43)53)32-18-9-6-10-19-32/h5-30H,1-4H3/q+2. The van der Waals surface area contributed by atoms with Crippen LogP contribution in [-0.2, 0) is 16.5 Å². The molecule has 0 amide bonds. The highest BCUT2D eigenvalue weighted by atomic mass is 16.5. The van der Waals surface area contributed by atoms with Crippen LogP contribution in [0.15, 0.2) is 158 Å². The van der Waals surface area contributed by atoms with E-state index in [2.05, 4.69) is 204 Å². The molecule has 0 aliphatic carbocycles. The molecule has 14 rings (SSSR count). The maximum atomic E-state index is 7.27. The van der Waals surface area contributed by atoms with E-state index in [4.69, 9.17) is 4.74 Å². The van der Waals surface area contributed by atoms with E-state index in [9.17, 15) is 0 Å². The van der Waals surface area contributed by atoms with Gasteiger partial charge in [0.25, 0.3) is 11.5 Å². The number of hydrogen-bond acceptors (Lipinski definition) is 3. The van der Waals surface area contributed by atoms with Crippen LogP contribution >= 0.6 is 0 Å². The Balaban J connectivity index is 1.25. The SMILES string of the molecule is CC1(C)c2ccccc2N2c3cccc4c3C35c6c2c1cc1c6N(c2ccccc2C1(C)C)c1cc(-c2ccccc2)cc([n+]13)-c1cc(-c2ccccc2)cc([n+]15)O4. The number of hydrogen-bond donors (Lipinski definition) is 0. The third kappa shape index (κ3) is 3.30. The van der Waals surface area contributed by atoms with Gasteiger partial charge in [0.2, 0.25) is 5.69 Å². The molecule has 8 heterocycles. The summed E-state index contributed by atoms with van der Waals surface area (Å²) in [5, 5.41) is 0. The van der Waals surface area contributed by atoms with E-state index < -0.39 is 5.66 Å². The number of ether oxygens (including phenoxy) is 1. The molecule has 1 unspecified atom stereocenters. The van der Waals surface area contributed by atoms with Crippen molar-refractivity contribution >= 4 is 34.3 Å². The van der Waals surface area contributed by atoms with Gasteiger partial charge in [-0.2, -0.15) is 4.90 Å². The van der Waals surface area contributed by atoms with Gasteiger partial charge in [-0.3, -0.25) is 0 Å². The first kappa shape index (κ1) is 31.1. The van der Waals surface area contributed by atoms with Crippen LogP contribution in [0, 0.1) is 0 Å². The average molecular weight is 747 g/mol. The molecule has 8 aromatic rings. The molecule has 0 bridgehead atoms. The van der Waals surface area contributed by atoms with E-state index in [-0.39, 0.29) is 10.8 Å². The Labute approximate surface area is 337 Å². The van der Waals surface area contributed by atoms with Crippen LogP contribution in [-0.4, -0.2) is 0 Å². The molecule has 58 heavy (non-hydrogen) atoms. The fourth-order valence-corrected chi connectivity index (χ4v) is 11.8. The molecule has 0 N–H and O–H groups in total. The highest BCUT2D eigenvalue weighted by Gasteiger charge is 2.75. The molecule has 6 aromatic carbocycles. The fourth-order valence-electron chi connectivity index (χ4n) is 11.8. The van der Waals surface area contributed by atoms with Crippen molar-refractivity contribution in [3.05, 3.63) is 191 Å². The third-order valence-electron chi connectivity index (χ3n) is 14.3. The van der Waals surface area contributed by atoms with Gasteiger partial charge in [-0.25, -0.2) is 0 Å². The molecule has 5 heteroatoms. The van der Waals surface area contributed by atoms with Crippen molar-refractivity contribution in [1.82, 2.24) is 0 Å². The minimum atomic E-state index is -0.781. The van der Waals surface area contributed by atoms with Crippen LogP contribution in [0.1, 0.15) is 61.1 Å². The Morgan fingerprint density at radius 3 is 1.62 bits per heavy atom. The van der Waals surface area contributed by atoms with E-state index >= 15 is 0 Å². The van der Waals surface area contributed by atoms with E-state index in [1.807, 2.05) is 0 Å². The van der Waals surface area contributed by atoms with E-state index in [1.54, 1.807) is 0 Å². The molecular weight excluding hydrogens is 709 g/mol. The predicted molar refractivity (Wildman–Crippen MR) is 228 cm³/mol. The van der Waals surface area contributed by atoms with Crippen molar-refractivity contribution in [2.45, 2.75) is 44.2 Å². The summed E-state index contributed by atoms with van der Waals surface area (Å²) in [6.45, 7) is 9.72. The molecular formula is C53H38N4O+2. The molecule has 6 aliphatic heterocycles. The lowest BCUT2D eigenvalue weighted by Gasteiger charge is -2.52. The van der Waals surface area contributed by atoms with Gasteiger partial charge in [0.1, 0.15) is 16.8 Å². The molecule has 6 aliphatic rings. The summed E-state index contributed by atoms with van der Waals surface area (Å²) in [6.07, 6.45) is 0. The molecule has 0 saturated carbocycles. The molecule has 2 aromatic heterocycles. The minimum absolute atomic E-state index is 0.278. The molecule has 274 valence electrons. The van der Waals surface area contributed by atoms with Crippen LogP contribution in [0.2, 0.25) is 0 Å². The Bertz CT molecular complexity index is 3220. The van der Waals surface area contributed by atoms with Crippen LogP contribution < -0.4 is 23.7 Å². The Morgan fingerprint density at radius 1 is 0.431 bits per heavy atom. The topological polar surface area (TPSA) is 23.5 Å².